The third-order valence-corrected chi connectivity index (χ3v) is 2.35. The molecule has 1 aliphatic heterocycles. The van der Waals surface area contributed by atoms with Gasteiger partial charge in [0.15, 0.2) is 0 Å². The van der Waals surface area contributed by atoms with Gasteiger partial charge in [0.25, 0.3) is 0 Å². The second kappa shape index (κ2) is 4.28. The van der Waals surface area contributed by atoms with Gasteiger partial charge in [0.1, 0.15) is 6.10 Å². The van der Waals surface area contributed by atoms with Crippen LogP contribution in [-0.2, 0) is 16.1 Å². The molecule has 14 heavy (non-hydrogen) atoms. The van der Waals surface area contributed by atoms with Crippen LogP contribution < -0.4 is 5.32 Å². The Hall–Kier alpha value is -1.29. The maximum Gasteiger partial charge on any atom is 0.249 e. The first-order valence-electron chi connectivity index (χ1n) is 4.87. The predicted octanol–water partition coefficient (Wildman–Crippen LogP) is 0.810. The highest BCUT2D eigenvalue weighted by Crippen LogP contribution is 2.11. The lowest BCUT2D eigenvalue weighted by Crippen LogP contribution is -2.33. The van der Waals surface area contributed by atoms with Crippen LogP contribution in [0.15, 0.2) is 18.5 Å². The second-order valence-electron chi connectivity index (χ2n) is 3.44. The van der Waals surface area contributed by atoms with Crippen molar-refractivity contribution < 1.29 is 9.53 Å². The lowest BCUT2D eigenvalue weighted by molar-refractivity contribution is -0.130. The molecule has 1 aromatic rings. The number of H-pyrrole nitrogens is 1. The van der Waals surface area contributed by atoms with Crippen LogP contribution in [0.1, 0.15) is 18.4 Å². The van der Waals surface area contributed by atoms with E-state index in [1.807, 2.05) is 18.5 Å². The molecule has 1 aromatic heterocycles. The maximum absolute atomic E-state index is 11.5. The fourth-order valence-electron chi connectivity index (χ4n) is 1.56. The number of hydrogen-bond donors (Lipinski definition) is 2. The average Bonchev–Trinajstić information content (AvgIpc) is 2.87. The molecule has 1 amide bonds. The van der Waals surface area contributed by atoms with Gasteiger partial charge in [-0.2, -0.15) is 0 Å². The number of rotatable bonds is 3. The van der Waals surface area contributed by atoms with Crippen molar-refractivity contribution in [1.82, 2.24) is 10.3 Å². The lowest BCUT2D eigenvalue weighted by atomic mass is 10.2. The van der Waals surface area contributed by atoms with Crippen LogP contribution in [0.25, 0.3) is 0 Å². The van der Waals surface area contributed by atoms with Gasteiger partial charge in [-0.05, 0) is 24.5 Å². The Kier molecular flexibility index (Phi) is 2.84. The standard InChI is InChI=1S/C10H14N2O2/c13-10(9-2-1-5-14-9)12-7-8-3-4-11-6-8/h3-4,6,9,11H,1-2,5,7H2,(H,12,13). The topological polar surface area (TPSA) is 54.1 Å². The minimum atomic E-state index is -0.228. The minimum Gasteiger partial charge on any atom is -0.368 e. The highest BCUT2D eigenvalue weighted by molar-refractivity contribution is 5.80. The van der Waals surface area contributed by atoms with Crippen LogP contribution in [0.3, 0.4) is 0 Å². The summed E-state index contributed by atoms with van der Waals surface area (Å²) in [4.78, 5) is 14.4. The molecule has 2 rings (SSSR count). The molecule has 1 fully saturated rings. The SMILES string of the molecule is O=C(NCc1cc[nH]c1)C1CCCO1. The first-order valence-corrected chi connectivity index (χ1v) is 4.87. The largest absolute Gasteiger partial charge is 0.368 e. The molecule has 0 spiro atoms. The van der Waals surface area contributed by atoms with Crippen molar-refractivity contribution in [2.24, 2.45) is 0 Å². The average molecular weight is 194 g/mol. The second-order valence-corrected chi connectivity index (χ2v) is 3.44. The number of nitrogens with one attached hydrogen (secondary N) is 2. The molecule has 4 heteroatoms. The van der Waals surface area contributed by atoms with Crippen LogP contribution in [0.2, 0.25) is 0 Å². The lowest BCUT2D eigenvalue weighted by Gasteiger charge is -2.09. The molecular formula is C10H14N2O2. The summed E-state index contributed by atoms with van der Waals surface area (Å²) < 4.78 is 5.26. The van der Waals surface area contributed by atoms with Gasteiger partial charge in [-0.15, -0.1) is 0 Å². The van der Waals surface area contributed by atoms with Gasteiger partial charge < -0.3 is 15.0 Å². The summed E-state index contributed by atoms with van der Waals surface area (Å²) in [5.41, 5.74) is 1.08. The van der Waals surface area contributed by atoms with Crippen LogP contribution in [0.5, 0.6) is 0 Å². The van der Waals surface area contributed by atoms with Crippen molar-refractivity contribution in [3.05, 3.63) is 24.0 Å². The molecule has 0 saturated carbocycles. The summed E-state index contributed by atoms with van der Waals surface area (Å²) >= 11 is 0. The quantitative estimate of drug-likeness (QED) is 0.748. The normalized spacial score (nSPS) is 21.0. The predicted molar refractivity (Wildman–Crippen MR) is 51.6 cm³/mol. The molecule has 0 bridgehead atoms. The van der Waals surface area contributed by atoms with Gasteiger partial charge in [0.2, 0.25) is 5.91 Å². The van der Waals surface area contributed by atoms with Gasteiger partial charge in [0, 0.05) is 25.5 Å². The van der Waals surface area contributed by atoms with Gasteiger partial charge in [-0.3, -0.25) is 4.79 Å². The molecule has 2 heterocycles. The Bertz CT molecular complexity index is 289. The monoisotopic (exact) mass is 194 g/mol. The fourth-order valence-corrected chi connectivity index (χ4v) is 1.56. The van der Waals surface area contributed by atoms with Crippen LogP contribution in [0, 0.1) is 0 Å². The Labute approximate surface area is 82.6 Å². The number of carbonyl (C=O) groups excluding carboxylic acids is 1. The van der Waals surface area contributed by atoms with Gasteiger partial charge in [-0.25, -0.2) is 0 Å². The fraction of sp³-hybridized carbons (Fsp3) is 0.500. The van der Waals surface area contributed by atoms with Gasteiger partial charge in [-0.1, -0.05) is 0 Å². The summed E-state index contributed by atoms with van der Waals surface area (Å²) in [6, 6.07) is 1.94. The first-order chi connectivity index (χ1) is 6.86. The number of amides is 1. The Balaban J connectivity index is 1.77. The van der Waals surface area contributed by atoms with Crippen molar-refractivity contribution in [3.8, 4) is 0 Å². The highest BCUT2D eigenvalue weighted by Gasteiger charge is 2.22. The third kappa shape index (κ3) is 2.14. The van der Waals surface area contributed by atoms with E-state index in [2.05, 4.69) is 10.3 Å². The van der Waals surface area contributed by atoms with Crippen molar-refractivity contribution >= 4 is 5.91 Å². The molecule has 1 aliphatic rings. The van der Waals surface area contributed by atoms with E-state index in [4.69, 9.17) is 4.74 Å². The zero-order valence-electron chi connectivity index (χ0n) is 7.95. The number of carbonyl (C=O) groups is 1. The molecular weight excluding hydrogens is 180 g/mol. The van der Waals surface area contributed by atoms with E-state index < -0.39 is 0 Å². The minimum absolute atomic E-state index is 0.00343. The van der Waals surface area contributed by atoms with E-state index in [0.29, 0.717) is 13.2 Å². The van der Waals surface area contributed by atoms with E-state index in [0.717, 1.165) is 18.4 Å². The number of aromatic nitrogens is 1. The molecule has 4 nitrogen and oxygen atoms in total. The van der Waals surface area contributed by atoms with E-state index in [1.165, 1.54) is 0 Å². The molecule has 1 atom stereocenters. The summed E-state index contributed by atoms with van der Waals surface area (Å²) in [6.07, 6.45) is 5.32. The maximum atomic E-state index is 11.5. The summed E-state index contributed by atoms with van der Waals surface area (Å²) in [7, 11) is 0. The van der Waals surface area contributed by atoms with Crippen LogP contribution in [-0.4, -0.2) is 23.6 Å². The van der Waals surface area contributed by atoms with Crippen molar-refractivity contribution in [1.29, 1.82) is 0 Å². The molecule has 76 valence electrons. The third-order valence-electron chi connectivity index (χ3n) is 2.35. The van der Waals surface area contributed by atoms with E-state index in [1.54, 1.807) is 0 Å². The molecule has 0 aromatic carbocycles. The van der Waals surface area contributed by atoms with E-state index in [-0.39, 0.29) is 12.0 Å². The molecule has 0 aliphatic carbocycles. The van der Waals surface area contributed by atoms with E-state index in [9.17, 15) is 4.79 Å². The van der Waals surface area contributed by atoms with Crippen molar-refractivity contribution in [3.63, 3.8) is 0 Å². The Morgan fingerprint density at radius 2 is 2.64 bits per heavy atom. The molecule has 2 N–H and O–H groups in total. The van der Waals surface area contributed by atoms with Crippen LogP contribution in [0.4, 0.5) is 0 Å². The number of hydrogen-bond acceptors (Lipinski definition) is 2. The molecule has 0 radical (unpaired) electrons. The van der Waals surface area contributed by atoms with Gasteiger partial charge in [0.05, 0.1) is 0 Å². The number of ether oxygens (including phenoxy) is 1. The zero-order chi connectivity index (χ0) is 9.80. The Morgan fingerprint density at radius 3 is 3.29 bits per heavy atom. The van der Waals surface area contributed by atoms with Crippen molar-refractivity contribution in [2.45, 2.75) is 25.5 Å². The smallest absolute Gasteiger partial charge is 0.249 e. The molecule has 1 saturated heterocycles. The van der Waals surface area contributed by atoms with E-state index >= 15 is 0 Å². The first kappa shape index (κ1) is 9.27. The van der Waals surface area contributed by atoms with Gasteiger partial charge >= 0.3 is 0 Å². The van der Waals surface area contributed by atoms with Crippen LogP contribution >= 0.6 is 0 Å². The zero-order valence-corrected chi connectivity index (χ0v) is 7.95. The summed E-state index contributed by atoms with van der Waals surface area (Å²) in [6.45, 7) is 1.28. The number of aromatic amines is 1. The Morgan fingerprint density at radius 1 is 1.71 bits per heavy atom. The van der Waals surface area contributed by atoms with Crippen molar-refractivity contribution in [2.75, 3.05) is 6.61 Å². The molecule has 1 unspecified atom stereocenters. The highest BCUT2D eigenvalue weighted by atomic mass is 16.5. The summed E-state index contributed by atoms with van der Waals surface area (Å²) in [5, 5.41) is 2.84. The summed E-state index contributed by atoms with van der Waals surface area (Å²) in [5.74, 6) is 0.00343.